The van der Waals surface area contributed by atoms with Crippen LogP contribution in [0.3, 0.4) is 0 Å². The Labute approximate surface area is 130 Å². The first kappa shape index (κ1) is 15.7. The average Bonchev–Trinajstić information content (AvgIpc) is 2.47. The number of nitrogens with one attached hydrogen (secondary N) is 2. The summed E-state index contributed by atoms with van der Waals surface area (Å²) in [7, 11) is 1.86. The molecule has 2 rings (SSSR count). The highest BCUT2D eigenvalue weighted by molar-refractivity contribution is 9.10. The molecule has 0 fully saturated rings. The van der Waals surface area contributed by atoms with Gasteiger partial charge in [0, 0.05) is 19.2 Å². The molecule has 0 aliphatic carbocycles. The molecule has 1 aromatic heterocycles. The highest BCUT2D eigenvalue weighted by atomic mass is 79.9. The van der Waals surface area contributed by atoms with Crippen molar-refractivity contribution in [3.05, 3.63) is 56.7 Å². The van der Waals surface area contributed by atoms with Crippen molar-refractivity contribution in [3.63, 3.8) is 0 Å². The van der Waals surface area contributed by atoms with Gasteiger partial charge in [-0.2, -0.15) is 5.10 Å². The van der Waals surface area contributed by atoms with Gasteiger partial charge in [0.05, 0.1) is 22.9 Å². The second-order valence-electron chi connectivity index (χ2n) is 4.48. The summed E-state index contributed by atoms with van der Waals surface area (Å²) in [6.45, 7) is 1.71. The third-order valence-electron chi connectivity index (χ3n) is 2.93. The van der Waals surface area contributed by atoms with Crippen LogP contribution >= 0.6 is 15.9 Å². The summed E-state index contributed by atoms with van der Waals surface area (Å²) >= 11 is 3.18. The van der Waals surface area contributed by atoms with Crippen molar-refractivity contribution in [2.75, 3.05) is 25.5 Å². The van der Waals surface area contributed by atoms with Crippen molar-refractivity contribution in [1.29, 1.82) is 0 Å². The van der Waals surface area contributed by atoms with E-state index in [1.54, 1.807) is 18.3 Å². The molecule has 21 heavy (non-hydrogen) atoms. The predicted molar refractivity (Wildman–Crippen MR) is 84.1 cm³/mol. The van der Waals surface area contributed by atoms with Gasteiger partial charge in [-0.15, -0.1) is 0 Å². The number of anilines is 1. The summed E-state index contributed by atoms with van der Waals surface area (Å²) in [6.07, 6.45) is 1.59. The smallest absolute Gasteiger partial charge is 0.269 e. The van der Waals surface area contributed by atoms with Crippen LogP contribution in [0.1, 0.15) is 5.56 Å². The first-order valence-corrected chi connectivity index (χ1v) is 7.29. The normalized spacial score (nSPS) is 10.6. The lowest BCUT2D eigenvalue weighted by Gasteiger charge is -2.09. The Hall–Kier alpha value is -1.73. The lowest BCUT2D eigenvalue weighted by atomic mass is 10.2. The fourth-order valence-electron chi connectivity index (χ4n) is 1.81. The van der Waals surface area contributed by atoms with Crippen molar-refractivity contribution in [2.45, 2.75) is 6.54 Å². The number of halogens is 2. The molecule has 1 heterocycles. The Morgan fingerprint density at radius 1 is 1.38 bits per heavy atom. The summed E-state index contributed by atoms with van der Waals surface area (Å²) in [4.78, 5) is 12.0. The van der Waals surface area contributed by atoms with Crippen molar-refractivity contribution in [1.82, 2.24) is 15.1 Å². The fraction of sp³-hybridized carbons (Fsp3) is 0.286. The van der Waals surface area contributed by atoms with Gasteiger partial charge in [0.15, 0.2) is 0 Å². The van der Waals surface area contributed by atoms with Gasteiger partial charge in [0.2, 0.25) is 0 Å². The van der Waals surface area contributed by atoms with Crippen molar-refractivity contribution in [2.24, 2.45) is 0 Å². The number of benzene rings is 1. The molecular formula is C14H16BrFN4O. The molecule has 0 unspecified atom stereocenters. The topological polar surface area (TPSA) is 59.0 Å². The van der Waals surface area contributed by atoms with Gasteiger partial charge in [-0.05, 0) is 34.6 Å². The number of nitrogens with zero attached hydrogens (tertiary/aromatic N) is 2. The van der Waals surface area contributed by atoms with Crippen LogP contribution in [0.15, 0.2) is 39.7 Å². The Morgan fingerprint density at radius 3 is 2.90 bits per heavy atom. The average molecular weight is 355 g/mol. The number of aromatic nitrogens is 2. The van der Waals surface area contributed by atoms with E-state index in [1.165, 1.54) is 16.8 Å². The predicted octanol–water partition coefficient (Wildman–Crippen LogP) is 1.82. The zero-order chi connectivity index (χ0) is 15.2. The fourth-order valence-corrected chi connectivity index (χ4v) is 2.20. The molecule has 2 aromatic rings. The lowest BCUT2D eigenvalue weighted by Crippen LogP contribution is -2.24. The zero-order valence-corrected chi connectivity index (χ0v) is 13.2. The maximum atomic E-state index is 13.4. The summed E-state index contributed by atoms with van der Waals surface area (Å²) < 4.78 is 15.1. The van der Waals surface area contributed by atoms with Gasteiger partial charge < -0.3 is 10.6 Å². The van der Waals surface area contributed by atoms with E-state index in [1.807, 2.05) is 7.05 Å². The van der Waals surface area contributed by atoms with Crippen LogP contribution in [0.4, 0.5) is 10.1 Å². The van der Waals surface area contributed by atoms with E-state index in [2.05, 4.69) is 31.7 Å². The molecule has 0 amide bonds. The van der Waals surface area contributed by atoms with Crippen LogP contribution in [0.5, 0.6) is 0 Å². The van der Waals surface area contributed by atoms with Gasteiger partial charge in [-0.3, -0.25) is 4.79 Å². The molecule has 1 aromatic carbocycles. The van der Waals surface area contributed by atoms with Crippen molar-refractivity contribution < 1.29 is 4.39 Å². The summed E-state index contributed by atoms with van der Waals surface area (Å²) in [6, 6.07) is 6.20. The van der Waals surface area contributed by atoms with Gasteiger partial charge in [0.25, 0.3) is 5.56 Å². The van der Waals surface area contributed by atoms with E-state index >= 15 is 0 Å². The van der Waals surface area contributed by atoms with E-state index in [0.29, 0.717) is 22.3 Å². The molecule has 0 spiro atoms. The van der Waals surface area contributed by atoms with Crippen LogP contribution in [0.25, 0.3) is 0 Å². The highest BCUT2D eigenvalue weighted by Gasteiger charge is 2.07. The summed E-state index contributed by atoms with van der Waals surface area (Å²) in [5.74, 6) is -0.356. The van der Waals surface area contributed by atoms with E-state index in [-0.39, 0.29) is 17.9 Å². The van der Waals surface area contributed by atoms with Crippen molar-refractivity contribution >= 4 is 21.6 Å². The standard InChI is InChI=1S/C14H16BrFN4O/c1-17-5-6-18-11-7-13(21)20(19-8-11)9-10-3-2-4-12(16)14(10)15/h2-4,7-8,17-18H,5-6,9H2,1H3. The Balaban J connectivity index is 2.14. The second kappa shape index (κ2) is 7.33. The third kappa shape index (κ3) is 4.12. The summed E-state index contributed by atoms with van der Waals surface area (Å²) in [5, 5.41) is 10.2. The number of rotatable bonds is 6. The minimum atomic E-state index is -0.356. The zero-order valence-electron chi connectivity index (χ0n) is 11.6. The SMILES string of the molecule is CNCCNc1cnn(Cc2cccc(F)c2Br)c(=O)c1. The van der Waals surface area contributed by atoms with Crippen LogP contribution in [0.2, 0.25) is 0 Å². The highest BCUT2D eigenvalue weighted by Crippen LogP contribution is 2.20. The van der Waals surface area contributed by atoms with Crippen LogP contribution in [-0.4, -0.2) is 29.9 Å². The van der Waals surface area contributed by atoms with Gasteiger partial charge >= 0.3 is 0 Å². The van der Waals surface area contributed by atoms with E-state index in [4.69, 9.17) is 0 Å². The minimum Gasteiger partial charge on any atom is -0.382 e. The van der Waals surface area contributed by atoms with E-state index in [9.17, 15) is 9.18 Å². The Morgan fingerprint density at radius 2 is 2.19 bits per heavy atom. The van der Waals surface area contributed by atoms with Crippen LogP contribution < -0.4 is 16.2 Å². The van der Waals surface area contributed by atoms with Gasteiger partial charge in [-0.1, -0.05) is 12.1 Å². The monoisotopic (exact) mass is 354 g/mol. The Bertz CT molecular complexity index is 674. The van der Waals surface area contributed by atoms with Gasteiger partial charge in [0.1, 0.15) is 5.82 Å². The molecule has 5 nitrogen and oxygen atoms in total. The maximum absolute atomic E-state index is 13.4. The molecule has 0 atom stereocenters. The largest absolute Gasteiger partial charge is 0.382 e. The molecule has 112 valence electrons. The van der Waals surface area contributed by atoms with Crippen LogP contribution in [0, 0.1) is 5.82 Å². The molecule has 0 bridgehead atoms. The lowest BCUT2D eigenvalue weighted by molar-refractivity contribution is 0.603. The van der Waals surface area contributed by atoms with E-state index in [0.717, 1.165) is 6.54 Å². The number of likely N-dealkylation sites (N-methyl/N-ethyl adjacent to an activating group) is 1. The number of hydrogen-bond donors (Lipinski definition) is 2. The molecule has 0 radical (unpaired) electrons. The molecule has 0 aliphatic heterocycles. The maximum Gasteiger partial charge on any atom is 0.269 e. The van der Waals surface area contributed by atoms with E-state index < -0.39 is 0 Å². The summed E-state index contributed by atoms with van der Waals surface area (Å²) in [5.41, 5.74) is 1.10. The molecule has 0 saturated heterocycles. The Kier molecular flexibility index (Phi) is 5.46. The quantitative estimate of drug-likeness (QED) is 0.777. The molecule has 2 N–H and O–H groups in total. The van der Waals surface area contributed by atoms with Crippen LogP contribution in [-0.2, 0) is 6.54 Å². The first-order valence-electron chi connectivity index (χ1n) is 6.50. The first-order chi connectivity index (χ1) is 10.1. The second-order valence-corrected chi connectivity index (χ2v) is 5.28. The van der Waals surface area contributed by atoms with Crippen molar-refractivity contribution in [3.8, 4) is 0 Å². The molecule has 7 heteroatoms. The third-order valence-corrected chi connectivity index (χ3v) is 3.81. The van der Waals surface area contributed by atoms with Gasteiger partial charge in [-0.25, -0.2) is 9.07 Å². The number of hydrogen-bond acceptors (Lipinski definition) is 4. The molecular weight excluding hydrogens is 339 g/mol. The minimum absolute atomic E-state index is 0.216. The molecule has 0 aliphatic rings. The molecule has 0 saturated carbocycles.